The maximum absolute atomic E-state index is 4.64. The van der Waals surface area contributed by atoms with Crippen LogP contribution in [-0.2, 0) is 0 Å². The van der Waals surface area contributed by atoms with Gasteiger partial charge in [-0.25, -0.2) is 4.98 Å². The third-order valence-electron chi connectivity index (χ3n) is 3.20. The van der Waals surface area contributed by atoms with E-state index in [2.05, 4.69) is 54.2 Å². The van der Waals surface area contributed by atoms with Crippen LogP contribution in [0.3, 0.4) is 0 Å². The van der Waals surface area contributed by atoms with Gasteiger partial charge in [0.2, 0.25) is 0 Å². The Morgan fingerprint density at radius 3 is 2.26 bits per heavy atom. The predicted octanol–water partition coefficient (Wildman–Crippen LogP) is 3.62. The minimum absolute atomic E-state index is 0.680. The fourth-order valence-corrected chi connectivity index (χ4v) is 2.21. The molecule has 3 nitrogen and oxygen atoms in total. The fourth-order valence-electron chi connectivity index (χ4n) is 2.21. The number of fused-ring (bicyclic) bond motifs is 1. The molecular formula is C16H15N3. The van der Waals surface area contributed by atoms with Gasteiger partial charge in [-0.05, 0) is 38.0 Å². The first-order chi connectivity index (χ1) is 9.13. The average molecular weight is 249 g/mol. The molecule has 0 radical (unpaired) electrons. The molecule has 3 rings (SSSR count). The van der Waals surface area contributed by atoms with Crippen LogP contribution in [-0.4, -0.2) is 15.2 Å². The highest BCUT2D eigenvalue weighted by molar-refractivity contribution is 5.79. The minimum atomic E-state index is 0.680. The Balaban J connectivity index is 2.19. The zero-order valence-corrected chi connectivity index (χ0v) is 11.3. The number of benzene rings is 2. The molecule has 1 heterocycles. The Labute approximate surface area is 112 Å². The van der Waals surface area contributed by atoms with Crippen LogP contribution in [0.1, 0.15) is 16.7 Å². The van der Waals surface area contributed by atoms with Gasteiger partial charge in [-0.1, -0.05) is 35.9 Å². The molecule has 94 valence electrons. The van der Waals surface area contributed by atoms with Gasteiger partial charge >= 0.3 is 0 Å². The number of nitrogens with zero attached hydrogens (tertiary/aromatic N) is 3. The number of hydrogen-bond donors (Lipinski definition) is 0. The van der Waals surface area contributed by atoms with E-state index in [1.807, 2.05) is 18.2 Å². The summed E-state index contributed by atoms with van der Waals surface area (Å²) in [7, 11) is 0. The van der Waals surface area contributed by atoms with Gasteiger partial charge in [0.15, 0.2) is 5.82 Å². The van der Waals surface area contributed by atoms with E-state index in [0.29, 0.717) is 5.82 Å². The van der Waals surface area contributed by atoms with E-state index in [1.54, 1.807) is 0 Å². The molecule has 0 saturated heterocycles. The Morgan fingerprint density at radius 1 is 0.789 bits per heavy atom. The summed E-state index contributed by atoms with van der Waals surface area (Å²) in [5.74, 6) is 0.680. The Kier molecular flexibility index (Phi) is 2.75. The topological polar surface area (TPSA) is 38.7 Å². The van der Waals surface area contributed by atoms with Crippen LogP contribution in [0.4, 0.5) is 0 Å². The van der Waals surface area contributed by atoms with Gasteiger partial charge in [-0.2, -0.15) is 0 Å². The van der Waals surface area contributed by atoms with Crippen LogP contribution in [0.15, 0.2) is 36.4 Å². The molecule has 0 bridgehead atoms. The van der Waals surface area contributed by atoms with Gasteiger partial charge in [0.25, 0.3) is 0 Å². The molecule has 0 aliphatic heterocycles. The highest BCUT2D eigenvalue weighted by atomic mass is 15.1. The van der Waals surface area contributed by atoms with Crippen LogP contribution in [0.5, 0.6) is 0 Å². The van der Waals surface area contributed by atoms with E-state index in [1.165, 1.54) is 11.1 Å². The van der Waals surface area contributed by atoms with Crippen molar-refractivity contribution in [2.75, 3.05) is 0 Å². The lowest BCUT2D eigenvalue weighted by atomic mass is 10.1. The van der Waals surface area contributed by atoms with Crippen molar-refractivity contribution in [1.29, 1.82) is 0 Å². The second-order valence-electron chi connectivity index (χ2n) is 4.95. The van der Waals surface area contributed by atoms with Crippen molar-refractivity contribution < 1.29 is 0 Å². The van der Waals surface area contributed by atoms with Crippen LogP contribution >= 0.6 is 0 Å². The fraction of sp³-hybridized carbons (Fsp3) is 0.188. The normalized spacial score (nSPS) is 10.9. The van der Waals surface area contributed by atoms with Crippen LogP contribution in [0.25, 0.3) is 22.4 Å². The second-order valence-corrected chi connectivity index (χ2v) is 4.95. The van der Waals surface area contributed by atoms with E-state index in [-0.39, 0.29) is 0 Å². The second kappa shape index (κ2) is 4.43. The lowest BCUT2D eigenvalue weighted by Gasteiger charge is -2.05. The van der Waals surface area contributed by atoms with Gasteiger partial charge in [-0.15, -0.1) is 10.2 Å². The SMILES string of the molecule is Cc1ccc(-c2nnc3cc(C)cc(C)c3n2)cc1. The first kappa shape index (κ1) is 11.8. The smallest absolute Gasteiger partial charge is 0.182 e. The molecule has 0 N–H and O–H groups in total. The summed E-state index contributed by atoms with van der Waals surface area (Å²) in [6.07, 6.45) is 0. The molecule has 0 aliphatic carbocycles. The summed E-state index contributed by atoms with van der Waals surface area (Å²) in [5.41, 5.74) is 6.33. The van der Waals surface area contributed by atoms with Crippen molar-refractivity contribution >= 4 is 11.0 Å². The van der Waals surface area contributed by atoms with Crippen LogP contribution in [0, 0.1) is 20.8 Å². The average Bonchev–Trinajstić information content (AvgIpc) is 2.39. The van der Waals surface area contributed by atoms with Crippen molar-refractivity contribution in [2.24, 2.45) is 0 Å². The number of rotatable bonds is 1. The maximum atomic E-state index is 4.64. The van der Waals surface area contributed by atoms with Gasteiger partial charge in [0.05, 0.1) is 5.52 Å². The highest BCUT2D eigenvalue weighted by Gasteiger charge is 2.07. The lowest BCUT2D eigenvalue weighted by molar-refractivity contribution is 1.03. The highest BCUT2D eigenvalue weighted by Crippen LogP contribution is 2.20. The van der Waals surface area contributed by atoms with Crippen molar-refractivity contribution in [1.82, 2.24) is 15.2 Å². The molecule has 0 aliphatic rings. The van der Waals surface area contributed by atoms with Gasteiger partial charge in [0.1, 0.15) is 5.52 Å². The molecule has 0 spiro atoms. The van der Waals surface area contributed by atoms with Gasteiger partial charge in [0, 0.05) is 5.56 Å². The Hall–Kier alpha value is -2.29. The predicted molar refractivity (Wildman–Crippen MR) is 77.0 cm³/mol. The van der Waals surface area contributed by atoms with Crippen molar-refractivity contribution in [3.63, 3.8) is 0 Å². The van der Waals surface area contributed by atoms with E-state index in [4.69, 9.17) is 0 Å². The standard InChI is InChI=1S/C16H15N3/c1-10-4-6-13(7-5-10)16-17-15-12(3)8-11(2)9-14(15)18-19-16/h4-9H,1-3H3. The molecule has 19 heavy (non-hydrogen) atoms. The van der Waals surface area contributed by atoms with Gasteiger partial charge < -0.3 is 0 Å². The largest absolute Gasteiger partial charge is 0.224 e. The summed E-state index contributed by atoms with van der Waals surface area (Å²) < 4.78 is 0. The van der Waals surface area contributed by atoms with Crippen molar-refractivity contribution in [3.05, 3.63) is 53.1 Å². The van der Waals surface area contributed by atoms with Crippen LogP contribution < -0.4 is 0 Å². The zero-order chi connectivity index (χ0) is 13.4. The minimum Gasteiger partial charge on any atom is -0.224 e. The number of hydrogen-bond acceptors (Lipinski definition) is 3. The van der Waals surface area contributed by atoms with E-state index in [0.717, 1.165) is 22.2 Å². The van der Waals surface area contributed by atoms with Gasteiger partial charge in [-0.3, -0.25) is 0 Å². The molecule has 3 heteroatoms. The lowest BCUT2D eigenvalue weighted by Crippen LogP contribution is -1.96. The first-order valence-corrected chi connectivity index (χ1v) is 6.32. The first-order valence-electron chi connectivity index (χ1n) is 6.32. The molecule has 0 amide bonds. The molecule has 0 fully saturated rings. The maximum Gasteiger partial charge on any atom is 0.182 e. The third kappa shape index (κ3) is 2.19. The Morgan fingerprint density at radius 2 is 1.53 bits per heavy atom. The molecular weight excluding hydrogens is 234 g/mol. The summed E-state index contributed by atoms with van der Waals surface area (Å²) in [5, 5.41) is 8.52. The summed E-state index contributed by atoms with van der Waals surface area (Å²) in [6.45, 7) is 6.18. The summed E-state index contributed by atoms with van der Waals surface area (Å²) >= 11 is 0. The quantitative estimate of drug-likeness (QED) is 0.661. The molecule has 0 unspecified atom stereocenters. The number of aromatic nitrogens is 3. The molecule has 0 saturated carbocycles. The van der Waals surface area contributed by atoms with Crippen LogP contribution in [0.2, 0.25) is 0 Å². The molecule has 3 aromatic rings. The third-order valence-corrected chi connectivity index (χ3v) is 3.20. The summed E-state index contributed by atoms with van der Waals surface area (Å²) in [6, 6.07) is 12.3. The molecule has 2 aromatic carbocycles. The molecule has 1 aromatic heterocycles. The van der Waals surface area contributed by atoms with Crippen molar-refractivity contribution in [3.8, 4) is 11.4 Å². The van der Waals surface area contributed by atoms with E-state index >= 15 is 0 Å². The van der Waals surface area contributed by atoms with E-state index < -0.39 is 0 Å². The zero-order valence-electron chi connectivity index (χ0n) is 11.3. The monoisotopic (exact) mass is 249 g/mol. The van der Waals surface area contributed by atoms with E-state index in [9.17, 15) is 0 Å². The van der Waals surface area contributed by atoms with Crippen molar-refractivity contribution in [2.45, 2.75) is 20.8 Å². The number of aryl methyl sites for hydroxylation is 3. The molecule has 0 atom stereocenters. The Bertz CT molecular complexity index is 746. The summed E-state index contributed by atoms with van der Waals surface area (Å²) in [4.78, 5) is 4.64.